The zero-order chi connectivity index (χ0) is 46.1. The molecule has 0 aromatic heterocycles. The highest BCUT2D eigenvalue weighted by atomic mass is 16.5. The van der Waals surface area contributed by atoms with Crippen LogP contribution in [0, 0.1) is 17.8 Å². The van der Waals surface area contributed by atoms with E-state index < -0.39 is 47.5 Å². The zero-order valence-corrected chi connectivity index (χ0v) is 37.4. The number of hydrogen-bond donors (Lipinski definition) is 3. The van der Waals surface area contributed by atoms with Crippen molar-refractivity contribution >= 4 is 35.3 Å². The summed E-state index contributed by atoms with van der Waals surface area (Å²) in [5.41, 5.74) is 6.64. The van der Waals surface area contributed by atoms with E-state index >= 15 is 4.79 Å². The number of fused-ring (bicyclic) bond motifs is 1. The van der Waals surface area contributed by atoms with Crippen molar-refractivity contribution in [2.75, 3.05) is 11.9 Å². The van der Waals surface area contributed by atoms with Crippen LogP contribution in [0.5, 0.6) is 0 Å². The highest BCUT2D eigenvalue weighted by Gasteiger charge is 2.55. The number of amides is 3. The molecule has 67 heavy (non-hydrogen) atoms. The van der Waals surface area contributed by atoms with E-state index in [1.807, 2.05) is 115 Å². The van der Waals surface area contributed by atoms with E-state index in [4.69, 9.17) is 9.47 Å². The minimum atomic E-state index is -1.13. The summed E-state index contributed by atoms with van der Waals surface area (Å²) >= 11 is 0. The Morgan fingerprint density at radius 2 is 0.940 bits per heavy atom. The van der Waals surface area contributed by atoms with E-state index in [1.54, 1.807) is 0 Å². The van der Waals surface area contributed by atoms with Crippen LogP contribution in [0.2, 0.25) is 0 Å². The van der Waals surface area contributed by atoms with E-state index in [2.05, 4.69) is 40.2 Å². The van der Waals surface area contributed by atoms with Crippen LogP contribution in [-0.2, 0) is 43.5 Å². The lowest BCUT2D eigenvalue weighted by Gasteiger charge is -2.49. The van der Waals surface area contributed by atoms with Crippen molar-refractivity contribution in [2.45, 2.75) is 76.0 Å². The molecule has 4 aliphatic carbocycles. The van der Waals surface area contributed by atoms with Crippen LogP contribution in [-0.4, -0.2) is 42.2 Å². The van der Waals surface area contributed by atoms with Crippen molar-refractivity contribution in [3.8, 4) is 0 Å². The van der Waals surface area contributed by atoms with Crippen molar-refractivity contribution in [3.63, 3.8) is 0 Å². The Bertz CT molecular complexity index is 2600. The molecular formula is C57H55N3O7. The molecule has 0 heterocycles. The molecule has 340 valence electrons. The summed E-state index contributed by atoms with van der Waals surface area (Å²) in [6.45, 7) is 0.545. The highest BCUT2D eigenvalue weighted by Crippen LogP contribution is 2.58. The molecule has 1 fully saturated rings. The predicted octanol–water partition coefficient (Wildman–Crippen LogP) is 9.68. The van der Waals surface area contributed by atoms with Gasteiger partial charge in [-0.1, -0.05) is 165 Å². The monoisotopic (exact) mass is 893 g/mol. The van der Waals surface area contributed by atoms with Gasteiger partial charge in [0.05, 0.1) is 23.0 Å². The molecule has 3 atom stereocenters. The third-order valence-electron chi connectivity index (χ3n) is 13.6. The summed E-state index contributed by atoms with van der Waals surface area (Å²) in [6.07, 6.45) is 6.96. The van der Waals surface area contributed by atoms with Gasteiger partial charge in [-0.3, -0.25) is 14.4 Å². The first-order valence-corrected chi connectivity index (χ1v) is 23.5. The van der Waals surface area contributed by atoms with Crippen molar-refractivity contribution in [1.82, 2.24) is 10.6 Å². The second-order valence-electron chi connectivity index (χ2n) is 18.0. The third kappa shape index (κ3) is 10.4. The van der Waals surface area contributed by atoms with Crippen LogP contribution in [0.4, 0.5) is 5.69 Å². The number of carbonyl (C=O) groups is 5. The minimum Gasteiger partial charge on any atom is -0.457 e. The summed E-state index contributed by atoms with van der Waals surface area (Å²) < 4.78 is 11.3. The quantitative estimate of drug-likeness (QED) is 0.0689. The van der Waals surface area contributed by atoms with Crippen LogP contribution in [0.3, 0.4) is 0 Å². The molecule has 0 saturated heterocycles. The number of anilines is 1. The molecule has 0 aliphatic heterocycles. The van der Waals surface area contributed by atoms with E-state index in [-0.39, 0.29) is 48.3 Å². The fraction of sp³-hybridized carbons (Fsp3) is 0.281. The van der Waals surface area contributed by atoms with Crippen LogP contribution in [0.25, 0.3) is 0 Å². The smallest absolute Gasteiger partial charge is 0.338 e. The molecule has 4 aliphatic rings. The lowest BCUT2D eigenvalue weighted by molar-refractivity contribution is -0.138. The lowest BCUT2D eigenvalue weighted by atomic mass is 9.53. The van der Waals surface area contributed by atoms with Gasteiger partial charge in [-0.2, -0.15) is 0 Å². The molecule has 10 nitrogen and oxygen atoms in total. The molecule has 2 bridgehead atoms. The number of hydrogen-bond acceptors (Lipinski definition) is 7. The van der Waals surface area contributed by atoms with Gasteiger partial charge in [0.15, 0.2) is 0 Å². The van der Waals surface area contributed by atoms with Crippen LogP contribution in [0.1, 0.15) is 110 Å². The van der Waals surface area contributed by atoms with E-state index in [9.17, 15) is 19.2 Å². The Hall–Kier alpha value is -7.33. The van der Waals surface area contributed by atoms with Crippen molar-refractivity contribution in [3.05, 3.63) is 208 Å². The Balaban J connectivity index is 1.02. The fourth-order valence-corrected chi connectivity index (χ4v) is 10.3. The Kier molecular flexibility index (Phi) is 14.0. The average Bonchev–Trinajstić information content (AvgIpc) is 3.66. The van der Waals surface area contributed by atoms with Crippen molar-refractivity contribution in [2.24, 2.45) is 17.8 Å². The number of rotatable bonds is 15. The normalized spacial score (nSPS) is 18.8. The molecule has 0 unspecified atom stereocenters. The Morgan fingerprint density at radius 3 is 1.42 bits per heavy atom. The Morgan fingerprint density at radius 1 is 0.507 bits per heavy atom. The van der Waals surface area contributed by atoms with Crippen LogP contribution >= 0.6 is 0 Å². The molecule has 3 amide bonds. The first kappa shape index (κ1) is 44.9. The maximum Gasteiger partial charge on any atom is 0.338 e. The number of esters is 2. The molecule has 1 saturated carbocycles. The number of carbonyl (C=O) groups excluding carboxylic acids is 5. The summed E-state index contributed by atoms with van der Waals surface area (Å²) in [5.74, 6) is -4.54. The first-order chi connectivity index (χ1) is 32.8. The van der Waals surface area contributed by atoms with Gasteiger partial charge in [-0.25, -0.2) is 9.59 Å². The second-order valence-corrected chi connectivity index (χ2v) is 18.0. The van der Waals surface area contributed by atoms with Crippen molar-refractivity contribution < 1.29 is 33.4 Å². The molecule has 3 N–H and O–H groups in total. The van der Waals surface area contributed by atoms with Gasteiger partial charge in [-0.05, 0) is 75.9 Å². The molecular weight excluding hydrogens is 839 g/mol. The van der Waals surface area contributed by atoms with Gasteiger partial charge < -0.3 is 25.4 Å². The standard InChI is InChI=1S/C57H55N3O7/c61-53(59-43-32-41(56(64)66-35-39-22-10-4-11-23-39)31-42(33-43)57(65)67-36-40-24-12-5-13-25-40)48(30-37-18-8-3-9-19-37)60-55(63)52-50-46-28-16-14-26-44(46)49(45-27-15-17-29-47(45)50)51(52)54(62)58-34-38-20-6-1-2-7-21-38/h3-5,8-19,22-29,31-33,38,48-52H,1-2,6-7,20-21,30,34-36H2,(H,58,62)(H,59,61)(H,60,63)/t48-,49?,50?,51-,52+/m0/s1. The largest absolute Gasteiger partial charge is 0.457 e. The van der Waals surface area contributed by atoms with Gasteiger partial charge >= 0.3 is 11.9 Å². The molecule has 0 radical (unpaired) electrons. The van der Waals surface area contributed by atoms with E-state index in [0.29, 0.717) is 12.5 Å². The summed E-state index contributed by atoms with van der Waals surface area (Å²) in [7, 11) is 0. The minimum absolute atomic E-state index is 0.00715. The molecule has 10 heteroatoms. The van der Waals surface area contributed by atoms with E-state index in [1.165, 1.54) is 31.0 Å². The maximum absolute atomic E-state index is 15.3. The number of benzene rings is 6. The van der Waals surface area contributed by atoms with Gasteiger partial charge in [0.2, 0.25) is 17.7 Å². The van der Waals surface area contributed by atoms with Gasteiger partial charge in [0.1, 0.15) is 19.3 Å². The van der Waals surface area contributed by atoms with Crippen LogP contribution in [0.15, 0.2) is 158 Å². The van der Waals surface area contributed by atoms with Crippen molar-refractivity contribution in [1.29, 1.82) is 0 Å². The first-order valence-electron chi connectivity index (χ1n) is 23.5. The lowest BCUT2D eigenvalue weighted by Crippen LogP contribution is -2.56. The van der Waals surface area contributed by atoms with Crippen LogP contribution < -0.4 is 16.0 Å². The zero-order valence-electron chi connectivity index (χ0n) is 37.4. The van der Waals surface area contributed by atoms with Gasteiger partial charge in [0.25, 0.3) is 0 Å². The molecule has 6 aromatic rings. The van der Waals surface area contributed by atoms with E-state index in [0.717, 1.165) is 64.6 Å². The maximum atomic E-state index is 15.3. The van der Waals surface area contributed by atoms with Gasteiger partial charge in [0, 0.05) is 30.5 Å². The van der Waals surface area contributed by atoms with Gasteiger partial charge in [-0.15, -0.1) is 0 Å². The topological polar surface area (TPSA) is 140 Å². The summed E-state index contributed by atoms with van der Waals surface area (Å²) in [6, 6.07) is 47.2. The molecule has 6 aromatic carbocycles. The fourth-order valence-electron chi connectivity index (χ4n) is 10.3. The SMILES string of the molecule is O=C(OCc1ccccc1)c1cc(NC(=O)[C@H](Cc2ccccc2)NC(=O)[C@@H]2C3c4ccccc4C(c4ccccc43)[C@@H]2C(=O)NCC2CCCCCC2)cc(C(=O)OCc2ccccc2)c1. The predicted molar refractivity (Wildman–Crippen MR) is 256 cm³/mol. The number of ether oxygens (including phenoxy) is 2. The highest BCUT2D eigenvalue weighted by molar-refractivity contribution is 6.02. The summed E-state index contributed by atoms with van der Waals surface area (Å²) in [4.78, 5) is 72.1. The Labute approximate surface area is 391 Å². The summed E-state index contributed by atoms with van der Waals surface area (Å²) in [5, 5.41) is 9.38. The average molecular weight is 894 g/mol. The third-order valence-corrected chi connectivity index (χ3v) is 13.6. The molecule has 0 spiro atoms. The number of nitrogens with one attached hydrogen (secondary N) is 3. The molecule has 10 rings (SSSR count). The second kappa shape index (κ2) is 20.9.